The zero-order chi connectivity index (χ0) is 22.3. The van der Waals surface area contributed by atoms with E-state index in [1.165, 1.54) is 0 Å². The third-order valence-corrected chi connectivity index (χ3v) is 6.79. The van der Waals surface area contributed by atoms with E-state index in [0.29, 0.717) is 36.5 Å². The maximum absolute atomic E-state index is 13.0. The Morgan fingerprint density at radius 1 is 1.10 bits per heavy atom. The van der Waals surface area contributed by atoms with Crippen LogP contribution in [-0.2, 0) is 9.59 Å². The third-order valence-electron chi connectivity index (χ3n) is 6.79. The summed E-state index contributed by atoms with van der Waals surface area (Å²) in [7, 11) is 6.06. The molecule has 0 aromatic rings. The number of fused-ring (bicyclic) bond motifs is 1. The number of Topliss-reactive ketones (excluding diaryl/α,β-unsaturated/α-hetero) is 1. The van der Waals surface area contributed by atoms with Crippen LogP contribution < -0.4 is 0 Å². The summed E-state index contributed by atoms with van der Waals surface area (Å²) < 4.78 is 0. The smallest absolute Gasteiger partial charge is 0.222 e. The molecule has 0 unspecified atom stereocenters. The minimum atomic E-state index is 0.275. The predicted octanol–water partition coefficient (Wildman–Crippen LogP) is 2.70. The number of rotatable bonds is 10. The lowest BCUT2D eigenvalue weighted by Crippen LogP contribution is -2.52. The van der Waals surface area contributed by atoms with Crippen molar-refractivity contribution in [2.45, 2.75) is 58.9 Å². The first kappa shape index (κ1) is 24.9. The van der Waals surface area contributed by atoms with Crippen LogP contribution in [0.2, 0.25) is 0 Å². The van der Waals surface area contributed by atoms with Gasteiger partial charge in [0, 0.05) is 70.9 Å². The van der Waals surface area contributed by atoms with Crippen molar-refractivity contribution in [3.63, 3.8) is 0 Å². The summed E-state index contributed by atoms with van der Waals surface area (Å²) in [6, 6.07) is 0.445. The van der Waals surface area contributed by atoms with Crippen LogP contribution in [0.25, 0.3) is 0 Å². The lowest BCUT2D eigenvalue weighted by Gasteiger charge is -2.47. The summed E-state index contributed by atoms with van der Waals surface area (Å²) in [5.41, 5.74) is 0.967. The predicted molar refractivity (Wildman–Crippen MR) is 123 cm³/mol. The van der Waals surface area contributed by atoms with Crippen molar-refractivity contribution in [2.75, 3.05) is 60.4 Å². The molecule has 1 aliphatic carbocycles. The van der Waals surface area contributed by atoms with Gasteiger partial charge in [-0.05, 0) is 58.2 Å². The molecular weight excluding hydrogens is 376 g/mol. The first-order chi connectivity index (χ1) is 14.3. The Balaban J connectivity index is 2.03. The molecule has 6 heteroatoms. The minimum absolute atomic E-state index is 0.275. The van der Waals surface area contributed by atoms with Crippen LogP contribution in [0.4, 0.5) is 0 Å². The van der Waals surface area contributed by atoms with E-state index in [4.69, 9.17) is 0 Å². The molecule has 2 rings (SSSR count). The number of hydrogen-bond acceptors (Lipinski definition) is 5. The summed E-state index contributed by atoms with van der Waals surface area (Å²) in [5.74, 6) is 1.31. The van der Waals surface area contributed by atoms with Crippen LogP contribution in [0.1, 0.15) is 52.9 Å². The van der Waals surface area contributed by atoms with Crippen LogP contribution in [0.15, 0.2) is 11.8 Å². The molecule has 2 fully saturated rings. The quantitative estimate of drug-likeness (QED) is 0.509. The molecular formula is C24H44N4O2. The van der Waals surface area contributed by atoms with E-state index in [2.05, 4.69) is 37.6 Å². The molecule has 1 saturated carbocycles. The van der Waals surface area contributed by atoms with E-state index in [1.807, 2.05) is 30.1 Å². The lowest BCUT2D eigenvalue weighted by molar-refractivity contribution is -0.133. The fourth-order valence-corrected chi connectivity index (χ4v) is 5.06. The first-order valence-electron chi connectivity index (χ1n) is 11.9. The van der Waals surface area contributed by atoms with Crippen molar-refractivity contribution in [3.8, 4) is 0 Å². The van der Waals surface area contributed by atoms with Gasteiger partial charge in [0.05, 0.1) is 0 Å². The van der Waals surface area contributed by atoms with Crippen LogP contribution >= 0.6 is 0 Å². The van der Waals surface area contributed by atoms with Crippen molar-refractivity contribution in [3.05, 3.63) is 11.8 Å². The van der Waals surface area contributed by atoms with Crippen LogP contribution in [0.5, 0.6) is 0 Å². The van der Waals surface area contributed by atoms with Crippen LogP contribution in [-0.4, -0.2) is 97.7 Å². The van der Waals surface area contributed by atoms with Gasteiger partial charge in [-0.15, -0.1) is 0 Å². The van der Waals surface area contributed by atoms with Crippen molar-refractivity contribution in [1.82, 2.24) is 19.6 Å². The van der Waals surface area contributed by atoms with E-state index >= 15 is 0 Å². The Kier molecular flexibility index (Phi) is 9.82. The Labute approximate surface area is 184 Å². The molecule has 0 radical (unpaired) electrons. The topological polar surface area (TPSA) is 47.1 Å². The summed E-state index contributed by atoms with van der Waals surface area (Å²) in [4.78, 5) is 34.5. The van der Waals surface area contributed by atoms with Gasteiger partial charge in [-0.3, -0.25) is 14.5 Å². The molecule has 1 amide bonds. The van der Waals surface area contributed by atoms with Crippen molar-refractivity contribution in [1.29, 1.82) is 0 Å². The van der Waals surface area contributed by atoms with E-state index in [0.717, 1.165) is 64.1 Å². The molecule has 3 atom stereocenters. The van der Waals surface area contributed by atoms with Crippen LogP contribution in [0.3, 0.4) is 0 Å². The maximum atomic E-state index is 13.0. The molecule has 0 aromatic heterocycles. The number of likely N-dealkylation sites (tertiary alicyclic amines) is 1. The molecule has 0 N–H and O–H groups in total. The van der Waals surface area contributed by atoms with Gasteiger partial charge in [0.15, 0.2) is 5.78 Å². The summed E-state index contributed by atoms with van der Waals surface area (Å²) in [5, 5.41) is 0. The fourth-order valence-electron chi connectivity index (χ4n) is 5.06. The average Bonchev–Trinajstić information content (AvgIpc) is 2.69. The van der Waals surface area contributed by atoms with Gasteiger partial charge in [0.1, 0.15) is 0 Å². The van der Waals surface area contributed by atoms with Gasteiger partial charge < -0.3 is 14.7 Å². The van der Waals surface area contributed by atoms with Crippen molar-refractivity contribution < 1.29 is 9.59 Å². The summed E-state index contributed by atoms with van der Waals surface area (Å²) in [6.07, 6.45) is 6.21. The van der Waals surface area contributed by atoms with Gasteiger partial charge in [0.2, 0.25) is 5.91 Å². The summed E-state index contributed by atoms with van der Waals surface area (Å²) in [6.45, 7) is 12.0. The highest BCUT2D eigenvalue weighted by Gasteiger charge is 2.41. The highest BCUT2D eigenvalue weighted by atomic mass is 16.2. The first-order valence-corrected chi connectivity index (χ1v) is 11.9. The van der Waals surface area contributed by atoms with Gasteiger partial charge in [-0.25, -0.2) is 0 Å². The SMILES string of the molecule is CCCN1C[C@@H](CC(=O)N(CC)CCN(C)CC)C[C@@H]2CC(=O)C(=CN(C)C)C[C@H]21. The zero-order valence-electron chi connectivity index (χ0n) is 20.2. The van der Waals surface area contributed by atoms with Gasteiger partial charge in [0.25, 0.3) is 0 Å². The number of carbonyl (C=O) groups is 2. The molecule has 1 aliphatic heterocycles. The monoisotopic (exact) mass is 420 g/mol. The normalized spacial score (nSPS) is 26.2. The van der Waals surface area contributed by atoms with Gasteiger partial charge >= 0.3 is 0 Å². The van der Waals surface area contributed by atoms with E-state index in [-0.39, 0.29) is 5.91 Å². The van der Waals surface area contributed by atoms with Gasteiger partial charge in [-0.1, -0.05) is 13.8 Å². The number of carbonyl (C=O) groups excluding carboxylic acids is 2. The number of likely N-dealkylation sites (N-methyl/N-ethyl adjacent to an activating group) is 2. The molecule has 172 valence electrons. The molecule has 2 aliphatic rings. The Hall–Kier alpha value is -1.40. The maximum Gasteiger partial charge on any atom is 0.222 e. The molecule has 0 bridgehead atoms. The Morgan fingerprint density at radius 2 is 1.83 bits per heavy atom. The van der Waals surface area contributed by atoms with Crippen LogP contribution in [0, 0.1) is 11.8 Å². The van der Waals surface area contributed by atoms with Gasteiger partial charge in [-0.2, -0.15) is 0 Å². The summed E-state index contributed by atoms with van der Waals surface area (Å²) >= 11 is 0. The molecule has 1 heterocycles. The Morgan fingerprint density at radius 3 is 2.43 bits per heavy atom. The standard InChI is InChI=1S/C24H44N4O2/c1-7-10-28-17-19(14-24(30)27(9-3)12-11-26(6)8-2)13-20-16-23(29)21(15-22(20)28)18-25(4)5/h18-20,22H,7-17H2,1-6H3/t19-,20-,22-/m1/s1. The average molecular weight is 421 g/mol. The molecule has 30 heavy (non-hydrogen) atoms. The molecule has 6 nitrogen and oxygen atoms in total. The zero-order valence-corrected chi connectivity index (χ0v) is 20.2. The number of piperidine rings is 1. The molecule has 0 spiro atoms. The fraction of sp³-hybridized carbons (Fsp3) is 0.833. The molecule has 0 aromatic carbocycles. The number of amides is 1. The molecule has 1 saturated heterocycles. The van der Waals surface area contributed by atoms with E-state index in [9.17, 15) is 9.59 Å². The number of hydrogen-bond donors (Lipinski definition) is 0. The van der Waals surface area contributed by atoms with E-state index in [1.54, 1.807) is 0 Å². The third kappa shape index (κ3) is 6.81. The number of nitrogens with zero attached hydrogens (tertiary/aromatic N) is 4. The second-order valence-electron chi connectivity index (χ2n) is 9.45. The highest BCUT2D eigenvalue weighted by molar-refractivity contribution is 5.96. The lowest BCUT2D eigenvalue weighted by atomic mass is 9.72. The van der Waals surface area contributed by atoms with Crippen molar-refractivity contribution in [2.24, 2.45) is 11.8 Å². The van der Waals surface area contributed by atoms with E-state index < -0.39 is 0 Å². The highest BCUT2D eigenvalue weighted by Crippen LogP contribution is 2.39. The number of ketones is 1. The minimum Gasteiger partial charge on any atom is -0.383 e. The Bertz CT molecular complexity index is 604. The largest absolute Gasteiger partial charge is 0.383 e. The van der Waals surface area contributed by atoms with Crippen molar-refractivity contribution >= 4 is 11.7 Å². The second-order valence-corrected chi connectivity index (χ2v) is 9.45. The second kappa shape index (κ2) is 11.8.